The molecule has 0 aromatic carbocycles. The van der Waals surface area contributed by atoms with Crippen LogP contribution in [0.2, 0.25) is 0 Å². The molecule has 0 aliphatic heterocycles. The third kappa shape index (κ3) is 3.66. The van der Waals surface area contributed by atoms with Crippen molar-refractivity contribution < 1.29 is 4.74 Å². The smallest absolute Gasteiger partial charge is 0.159 e. The monoisotopic (exact) mass is 327 g/mol. The molecule has 1 aromatic rings. The van der Waals surface area contributed by atoms with Gasteiger partial charge < -0.3 is 10.1 Å². The molecule has 0 amide bonds. The Morgan fingerprint density at radius 3 is 2.79 bits per heavy atom. The van der Waals surface area contributed by atoms with Gasteiger partial charge in [0, 0.05) is 19.9 Å². The lowest BCUT2D eigenvalue weighted by atomic mass is 9.85. The van der Waals surface area contributed by atoms with Crippen LogP contribution < -0.4 is 5.32 Å². The molecule has 0 radical (unpaired) electrons. The molecule has 1 saturated carbocycles. The first kappa shape index (κ1) is 14.7. The summed E-state index contributed by atoms with van der Waals surface area (Å²) in [7, 11) is 1.76. The van der Waals surface area contributed by atoms with Crippen molar-refractivity contribution >= 4 is 21.7 Å². The molecule has 19 heavy (non-hydrogen) atoms. The highest BCUT2D eigenvalue weighted by atomic mass is 79.9. The molecular formula is C14H22BrN3O. The Morgan fingerprint density at radius 2 is 2.16 bits per heavy atom. The molecular weight excluding hydrogens is 306 g/mol. The summed E-state index contributed by atoms with van der Waals surface area (Å²) in [6.07, 6.45) is 8.20. The predicted octanol–water partition coefficient (Wildman–Crippen LogP) is 3.94. The van der Waals surface area contributed by atoms with Gasteiger partial charge in [0.05, 0.1) is 4.47 Å². The van der Waals surface area contributed by atoms with Crippen LogP contribution in [-0.2, 0) is 4.74 Å². The van der Waals surface area contributed by atoms with Gasteiger partial charge in [0.15, 0.2) is 5.82 Å². The number of hydrogen-bond donors (Lipinski definition) is 1. The first-order valence-corrected chi connectivity index (χ1v) is 7.84. The molecule has 1 aliphatic carbocycles. The van der Waals surface area contributed by atoms with Crippen LogP contribution in [0.25, 0.3) is 0 Å². The van der Waals surface area contributed by atoms with E-state index in [1.165, 1.54) is 32.1 Å². The fourth-order valence-corrected chi connectivity index (χ4v) is 3.09. The Kier molecular flexibility index (Phi) is 5.58. The average molecular weight is 328 g/mol. The van der Waals surface area contributed by atoms with Crippen molar-refractivity contribution in [3.63, 3.8) is 0 Å². The highest BCUT2D eigenvalue weighted by Gasteiger charge is 2.27. The van der Waals surface area contributed by atoms with E-state index in [0.717, 1.165) is 22.7 Å². The van der Waals surface area contributed by atoms with Gasteiger partial charge in [-0.05, 0) is 41.6 Å². The maximum Gasteiger partial charge on any atom is 0.159 e. The second-order valence-electron chi connectivity index (χ2n) is 5.01. The lowest BCUT2D eigenvalue weighted by Crippen LogP contribution is -2.20. The average Bonchev–Trinajstić information content (AvgIpc) is 2.44. The van der Waals surface area contributed by atoms with Crippen molar-refractivity contribution in [1.29, 1.82) is 0 Å². The van der Waals surface area contributed by atoms with Crippen molar-refractivity contribution in [2.75, 3.05) is 19.0 Å². The van der Waals surface area contributed by atoms with Gasteiger partial charge in [-0.25, -0.2) is 9.97 Å². The number of nitrogens with zero attached hydrogens (tertiary/aromatic N) is 2. The lowest BCUT2D eigenvalue weighted by molar-refractivity contribution is 0.0290. The highest BCUT2D eigenvalue weighted by molar-refractivity contribution is 9.10. The minimum atomic E-state index is 0.0193. The summed E-state index contributed by atoms with van der Waals surface area (Å²) in [5.74, 6) is 2.20. The molecule has 0 spiro atoms. The van der Waals surface area contributed by atoms with Gasteiger partial charge in [-0.2, -0.15) is 0 Å². The first-order chi connectivity index (χ1) is 9.26. The largest absolute Gasteiger partial charge is 0.373 e. The Hall–Kier alpha value is -0.680. The number of aromatic nitrogens is 2. The molecule has 1 aromatic heterocycles. The van der Waals surface area contributed by atoms with E-state index >= 15 is 0 Å². The fourth-order valence-electron chi connectivity index (χ4n) is 2.75. The maximum absolute atomic E-state index is 5.68. The number of rotatable bonds is 5. The highest BCUT2D eigenvalue weighted by Crippen LogP contribution is 2.35. The van der Waals surface area contributed by atoms with Gasteiger partial charge in [-0.1, -0.05) is 19.3 Å². The minimum absolute atomic E-state index is 0.0193. The van der Waals surface area contributed by atoms with Crippen LogP contribution in [-0.4, -0.2) is 23.6 Å². The number of ether oxygens (including phenoxy) is 1. The van der Waals surface area contributed by atoms with Crippen LogP contribution in [0.4, 0.5) is 5.82 Å². The third-order valence-corrected chi connectivity index (χ3v) is 4.27. The summed E-state index contributed by atoms with van der Waals surface area (Å²) in [5.41, 5.74) is 0. The molecule has 4 nitrogen and oxygen atoms in total. The molecule has 1 unspecified atom stereocenters. The van der Waals surface area contributed by atoms with E-state index in [-0.39, 0.29) is 6.10 Å². The first-order valence-electron chi connectivity index (χ1n) is 7.05. The normalized spacial score (nSPS) is 18.3. The standard InChI is InChI=1S/C14H22BrN3O/c1-3-16-13-11(15)9-17-14(18-13)12(19-2)10-7-5-4-6-8-10/h9-10,12H,3-8H2,1-2H3,(H,16,17,18). The van der Waals surface area contributed by atoms with Gasteiger partial charge in [0.2, 0.25) is 0 Å². The Balaban J connectivity index is 2.19. The zero-order valence-corrected chi connectivity index (χ0v) is 13.2. The molecule has 1 fully saturated rings. The zero-order valence-electron chi connectivity index (χ0n) is 11.7. The quantitative estimate of drug-likeness (QED) is 0.889. The van der Waals surface area contributed by atoms with E-state index in [2.05, 4.69) is 38.1 Å². The van der Waals surface area contributed by atoms with Crippen molar-refractivity contribution in [3.05, 3.63) is 16.5 Å². The molecule has 106 valence electrons. The summed E-state index contributed by atoms with van der Waals surface area (Å²) in [6.45, 7) is 2.90. The number of nitrogens with one attached hydrogen (secondary N) is 1. The second kappa shape index (κ2) is 7.20. The van der Waals surface area contributed by atoms with E-state index in [0.29, 0.717) is 5.92 Å². The predicted molar refractivity (Wildman–Crippen MR) is 80.2 cm³/mol. The summed E-state index contributed by atoms with van der Waals surface area (Å²) in [4.78, 5) is 9.06. The number of methoxy groups -OCH3 is 1. The van der Waals surface area contributed by atoms with E-state index in [1.54, 1.807) is 7.11 Å². The Morgan fingerprint density at radius 1 is 1.42 bits per heavy atom. The zero-order chi connectivity index (χ0) is 13.7. The van der Waals surface area contributed by atoms with Crippen LogP contribution in [0.3, 0.4) is 0 Å². The Bertz CT molecular complexity index is 408. The van der Waals surface area contributed by atoms with Crippen LogP contribution in [0.5, 0.6) is 0 Å². The molecule has 1 heterocycles. The van der Waals surface area contributed by atoms with Gasteiger partial charge in [0.25, 0.3) is 0 Å². The SMILES string of the molecule is CCNc1nc(C(OC)C2CCCCC2)ncc1Br. The van der Waals surface area contributed by atoms with Gasteiger partial charge in [0.1, 0.15) is 11.9 Å². The van der Waals surface area contributed by atoms with Gasteiger partial charge in [-0.15, -0.1) is 0 Å². The second-order valence-corrected chi connectivity index (χ2v) is 5.86. The fraction of sp³-hybridized carbons (Fsp3) is 0.714. The van der Waals surface area contributed by atoms with Crippen molar-refractivity contribution in [2.45, 2.75) is 45.1 Å². The van der Waals surface area contributed by atoms with Gasteiger partial charge in [-0.3, -0.25) is 0 Å². The summed E-state index contributed by atoms with van der Waals surface area (Å²) < 4.78 is 6.58. The Labute approximate surface area is 123 Å². The minimum Gasteiger partial charge on any atom is -0.373 e. The third-order valence-electron chi connectivity index (χ3n) is 3.69. The van der Waals surface area contributed by atoms with Crippen molar-refractivity contribution in [3.8, 4) is 0 Å². The van der Waals surface area contributed by atoms with E-state index in [9.17, 15) is 0 Å². The maximum atomic E-state index is 5.68. The molecule has 1 N–H and O–H groups in total. The van der Waals surface area contributed by atoms with Gasteiger partial charge >= 0.3 is 0 Å². The molecule has 5 heteroatoms. The van der Waals surface area contributed by atoms with Crippen LogP contribution in [0.15, 0.2) is 10.7 Å². The van der Waals surface area contributed by atoms with Crippen LogP contribution in [0, 0.1) is 5.92 Å². The van der Waals surface area contributed by atoms with E-state index in [1.807, 2.05) is 6.20 Å². The number of anilines is 1. The summed E-state index contributed by atoms with van der Waals surface area (Å²) >= 11 is 3.47. The lowest BCUT2D eigenvalue weighted by Gasteiger charge is -2.28. The summed E-state index contributed by atoms with van der Waals surface area (Å²) in [5, 5.41) is 3.24. The summed E-state index contributed by atoms with van der Waals surface area (Å²) in [6, 6.07) is 0. The molecule has 0 bridgehead atoms. The topological polar surface area (TPSA) is 47.0 Å². The van der Waals surface area contributed by atoms with Crippen LogP contribution in [0.1, 0.15) is 51.0 Å². The molecule has 0 saturated heterocycles. The van der Waals surface area contributed by atoms with Crippen molar-refractivity contribution in [2.24, 2.45) is 5.92 Å². The van der Waals surface area contributed by atoms with E-state index in [4.69, 9.17) is 4.74 Å². The van der Waals surface area contributed by atoms with Crippen LogP contribution >= 0.6 is 15.9 Å². The number of halogens is 1. The number of hydrogen-bond acceptors (Lipinski definition) is 4. The molecule has 1 atom stereocenters. The van der Waals surface area contributed by atoms with E-state index < -0.39 is 0 Å². The molecule has 2 rings (SSSR count). The van der Waals surface area contributed by atoms with Crippen molar-refractivity contribution in [1.82, 2.24) is 9.97 Å². The molecule has 1 aliphatic rings.